The van der Waals surface area contributed by atoms with Crippen molar-refractivity contribution in [2.24, 2.45) is 0 Å². The van der Waals surface area contributed by atoms with E-state index in [-0.39, 0.29) is 41.7 Å². The molecule has 0 aliphatic rings. The zero-order valence-electron chi connectivity index (χ0n) is 15.3. The number of hydrogen-bond donors (Lipinski definition) is 0. The van der Waals surface area contributed by atoms with E-state index < -0.39 is 0 Å². The molecule has 0 heterocycles. The normalized spacial score (nSPS) is 10.8. The van der Waals surface area contributed by atoms with E-state index in [0.717, 1.165) is 0 Å². The molecule has 4 aromatic rings. The van der Waals surface area contributed by atoms with Crippen molar-refractivity contribution in [2.45, 2.75) is 0 Å². The monoisotopic (exact) mass is 530 g/mol. The molecule has 128 valence electrons. The van der Waals surface area contributed by atoms with Gasteiger partial charge < -0.3 is 0 Å². The first-order valence-corrected chi connectivity index (χ1v) is 12.7. The van der Waals surface area contributed by atoms with Crippen LogP contribution >= 0.6 is 15.8 Å². The van der Waals surface area contributed by atoms with Crippen LogP contribution in [0.15, 0.2) is 72.8 Å². The molecule has 0 spiro atoms. The molecule has 0 nitrogen and oxygen atoms in total. The zero-order valence-corrected chi connectivity index (χ0v) is 20.7. The minimum Gasteiger partial charge on any atom is -0.161 e. The molecular formula is C22H24HfP2-2. The third-order valence-electron chi connectivity index (χ3n) is 4.24. The third kappa shape index (κ3) is 5.19. The Balaban J connectivity index is 0.000000173. The summed E-state index contributed by atoms with van der Waals surface area (Å²) in [5.74, 6) is 0. The molecule has 0 atom stereocenters. The van der Waals surface area contributed by atoms with Gasteiger partial charge in [0.15, 0.2) is 0 Å². The van der Waals surface area contributed by atoms with E-state index >= 15 is 0 Å². The van der Waals surface area contributed by atoms with Crippen molar-refractivity contribution in [3.63, 3.8) is 0 Å². The topological polar surface area (TPSA) is 0 Å². The second-order valence-corrected chi connectivity index (χ2v) is 11.1. The van der Waals surface area contributed by atoms with Crippen LogP contribution in [0.5, 0.6) is 0 Å². The molecule has 0 unspecified atom stereocenters. The van der Waals surface area contributed by atoms with Crippen molar-refractivity contribution in [3.8, 4) is 0 Å². The molecule has 0 N–H and O–H groups in total. The standard InChI is InChI=1S/2C11H12P.Hf/c2*1-12(2)11-7-9-5-3-4-6-10(9)8-11;/h2*3-8H,1-2H3;/q2*-1;. The SMILES string of the molecule is CP(C)c1cc2ccccc2[cH-]1.CP(C)c1cc2ccccc2[cH-]1.[Hf]. The van der Waals surface area contributed by atoms with E-state index in [1.807, 2.05) is 0 Å². The summed E-state index contributed by atoms with van der Waals surface area (Å²) in [7, 11) is 0.115. The van der Waals surface area contributed by atoms with Crippen molar-refractivity contribution in [3.05, 3.63) is 72.8 Å². The van der Waals surface area contributed by atoms with Crippen LogP contribution in [-0.4, -0.2) is 26.7 Å². The summed E-state index contributed by atoms with van der Waals surface area (Å²) in [5.41, 5.74) is 0. The van der Waals surface area contributed by atoms with Gasteiger partial charge in [0.05, 0.1) is 0 Å². The Hall–Kier alpha value is -0.610. The summed E-state index contributed by atoms with van der Waals surface area (Å²) in [4.78, 5) is 0. The van der Waals surface area contributed by atoms with E-state index in [1.54, 1.807) is 0 Å². The second-order valence-electron chi connectivity index (χ2n) is 6.47. The van der Waals surface area contributed by atoms with E-state index in [2.05, 4.69) is 99.5 Å². The maximum atomic E-state index is 2.31. The second kappa shape index (κ2) is 9.36. The molecule has 0 saturated carbocycles. The van der Waals surface area contributed by atoms with Crippen LogP contribution in [-0.2, 0) is 25.8 Å². The van der Waals surface area contributed by atoms with Crippen LogP contribution in [0, 0.1) is 0 Å². The first-order chi connectivity index (χ1) is 11.5. The van der Waals surface area contributed by atoms with Crippen LogP contribution in [0.3, 0.4) is 0 Å². The minimum absolute atomic E-state index is 0. The van der Waals surface area contributed by atoms with Crippen LogP contribution in [0.4, 0.5) is 0 Å². The summed E-state index contributed by atoms with van der Waals surface area (Å²) in [6.45, 7) is 9.18. The molecule has 0 bridgehead atoms. The van der Waals surface area contributed by atoms with Gasteiger partial charge in [-0.05, 0) is 26.7 Å². The molecule has 4 rings (SSSR count). The molecule has 25 heavy (non-hydrogen) atoms. The van der Waals surface area contributed by atoms with Crippen molar-refractivity contribution < 1.29 is 25.8 Å². The van der Waals surface area contributed by atoms with Gasteiger partial charge in [-0.25, -0.2) is 0 Å². The van der Waals surface area contributed by atoms with E-state index in [0.29, 0.717) is 0 Å². The first-order valence-electron chi connectivity index (χ1n) is 8.20. The summed E-state index contributed by atoms with van der Waals surface area (Å²) in [6, 6.07) is 26.3. The summed E-state index contributed by atoms with van der Waals surface area (Å²) >= 11 is 0. The van der Waals surface area contributed by atoms with E-state index in [1.165, 1.54) is 32.2 Å². The van der Waals surface area contributed by atoms with Crippen molar-refractivity contribution >= 4 is 48.0 Å². The maximum Gasteiger partial charge on any atom is 0 e. The Bertz CT molecular complexity index is 787. The van der Waals surface area contributed by atoms with Crippen molar-refractivity contribution in [1.29, 1.82) is 0 Å². The van der Waals surface area contributed by atoms with E-state index in [4.69, 9.17) is 0 Å². The Morgan fingerprint density at radius 2 is 0.960 bits per heavy atom. The molecule has 0 amide bonds. The Kier molecular flexibility index (Phi) is 7.75. The average Bonchev–Trinajstić information content (AvgIpc) is 3.19. The van der Waals surface area contributed by atoms with Crippen LogP contribution < -0.4 is 10.6 Å². The summed E-state index contributed by atoms with van der Waals surface area (Å²) < 4.78 is 0. The number of benzene rings is 2. The van der Waals surface area contributed by atoms with Gasteiger partial charge in [-0.3, -0.25) is 0 Å². The third-order valence-corrected chi connectivity index (χ3v) is 6.82. The molecule has 0 fully saturated rings. The largest absolute Gasteiger partial charge is 0.161 e. The Morgan fingerprint density at radius 3 is 1.28 bits per heavy atom. The molecule has 3 heteroatoms. The van der Waals surface area contributed by atoms with Crippen LogP contribution in [0.25, 0.3) is 21.5 Å². The molecule has 4 aromatic carbocycles. The minimum atomic E-state index is 0. The Labute approximate surface area is 172 Å². The first kappa shape index (κ1) is 20.7. The molecule has 0 aliphatic carbocycles. The van der Waals surface area contributed by atoms with Gasteiger partial charge in [0.1, 0.15) is 0 Å². The molecule has 0 saturated heterocycles. The molecule has 0 radical (unpaired) electrons. The number of fused-ring (bicyclic) bond motifs is 2. The summed E-state index contributed by atoms with van der Waals surface area (Å²) in [5, 5.41) is 8.53. The van der Waals surface area contributed by atoms with Gasteiger partial charge in [-0.15, -0.1) is 96.5 Å². The predicted molar refractivity (Wildman–Crippen MR) is 116 cm³/mol. The zero-order chi connectivity index (χ0) is 17.1. The maximum absolute atomic E-state index is 2.31. The molecule has 0 aromatic heterocycles. The fourth-order valence-corrected chi connectivity index (χ4v) is 4.37. The number of hydrogen-bond acceptors (Lipinski definition) is 0. The summed E-state index contributed by atoms with van der Waals surface area (Å²) in [6.07, 6.45) is 0. The predicted octanol–water partition coefficient (Wildman–Crippen LogP) is 5.85. The average molecular weight is 529 g/mol. The van der Waals surface area contributed by atoms with E-state index in [9.17, 15) is 0 Å². The van der Waals surface area contributed by atoms with Crippen LogP contribution in [0.1, 0.15) is 0 Å². The fourth-order valence-electron chi connectivity index (χ4n) is 2.78. The quantitative estimate of drug-likeness (QED) is 0.174. The number of rotatable bonds is 2. The van der Waals surface area contributed by atoms with Gasteiger partial charge in [0.25, 0.3) is 0 Å². The van der Waals surface area contributed by atoms with Crippen molar-refractivity contribution in [1.82, 2.24) is 0 Å². The smallest absolute Gasteiger partial charge is 0 e. The van der Waals surface area contributed by atoms with Gasteiger partial charge in [0, 0.05) is 25.8 Å². The molecule has 0 aliphatic heterocycles. The van der Waals surface area contributed by atoms with Gasteiger partial charge in [-0.2, -0.15) is 12.1 Å². The van der Waals surface area contributed by atoms with Gasteiger partial charge in [0.2, 0.25) is 0 Å². The van der Waals surface area contributed by atoms with Gasteiger partial charge in [-0.1, -0.05) is 12.1 Å². The Morgan fingerprint density at radius 1 is 0.600 bits per heavy atom. The van der Waals surface area contributed by atoms with Gasteiger partial charge >= 0.3 is 0 Å². The van der Waals surface area contributed by atoms with Crippen LogP contribution in [0.2, 0.25) is 0 Å². The molecular weight excluding hydrogens is 505 g/mol. The fraction of sp³-hybridized carbons (Fsp3) is 0.182. The van der Waals surface area contributed by atoms with Crippen molar-refractivity contribution in [2.75, 3.05) is 26.7 Å².